The van der Waals surface area contributed by atoms with Crippen LogP contribution in [-0.2, 0) is 34.4 Å². The first kappa shape index (κ1) is 32.9. The van der Waals surface area contributed by atoms with Crippen molar-refractivity contribution in [2.45, 2.75) is 56.1 Å². The van der Waals surface area contributed by atoms with Gasteiger partial charge in [0.25, 0.3) is 15.9 Å². The van der Waals surface area contributed by atoms with E-state index in [-0.39, 0.29) is 29.6 Å². The summed E-state index contributed by atoms with van der Waals surface area (Å²) >= 11 is 0.995. The zero-order chi connectivity index (χ0) is 30.3. The molecule has 0 radical (unpaired) electrons. The lowest BCUT2D eigenvalue weighted by atomic mass is 10.2. The zero-order valence-electron chi connectivity index (χ0n) is 23.9. The monoisotopic (exact) mass is 646 g/mol. The van der Waals surface area contributed by atoms with Crippen LogP contribution in [0.4, 0.5) is 4.39 Å². The Bertz CT molecular complexity index is 1390. The van der Waals surface area contributed by atoms with E-state index >= 15 is 0 Å². The van der Waals surface area contributed by atoms with Crippen LogP contribution >= 0.6 is 11.3 Å². The number of hydrogen-bond donors (Lipinski definition) is 1. The maximum atomic E-state index is 13.8. The molecule has 0 aliphatic carbocycles. The summed E-state index contributed by atoms with van der Waals surface area (Å²) in [5, 5.41) is 0. The van der Waals surface area contributed by atoms with Gasteiger partial charge in [-0.15, -0.1) is 11.3 Å². The fraction of sp³-hybridized carbons (Fsp3) is 0.593. The van der Waals surface area contributed by atoms with Crippen LogP contribution in [0.5, 0.6) is 0 Å². The second-order valence-electron chi connectivity index (χ2n) is 10.2. The summed E-state index contributed by atoms with van der Waals surface area (Å²) in [6, 6.07) is 7.41. The van der Waals surface area contributed by atoms with E-state index < -0.39 is 44.1 Å². The average Bonchev–Trinajstić information content (AvgIpc) is 3.50. The number of thiophene rings is 1. The predicted octanol–water partition coefficient (Wildman–Crippen LogP) is 2.87. The summed E-state index contributed by atoms with van der Waals surface area (Å²) in [5.41, 5.74) is 2.98. The number of carbonyl (C=O) groups is 1. The third-order valence-electron chi connectivity index (χ3n) is 7.46. The normalized spacial score (nSPS) is 21.0. The van der Waals surface area contributed by atoms with Gasteiger partial charge in [0.15, 0.2) is 6.29 Å². The van der Waals surface area contributed by atoms with Gasteiger partial charge in [-0.05, 0) is 68.7 Å². The Labute approximate surface area is 251 Å². The molecule has 2 aliphatic heterocycles. The van der Waals surface area contributed by atoms with E-state index in [4.69, 9.17) is 9.57 Å². The molecule has 234 valence electrons. The highest BCUT2D eigenvalue weighted by Crippen LogP contribution is 2.34. The maximum Gasteiger partial charge on any atom is 0.263 e. The standard InChI is InChI=1S/C27H39FN4O7S3/c1-3-30(4-2)15-7-19-41(34,35)31-16-17-32(23(20-31)27(33)29-39-25-8-5-6-18-38-25)42(36,37)26-14-13-24(40-26)21-9-11-22(28)12-10-21/h9-14,23,25H,3-8,15-20H2,1-2H3,(H,29,33). The van der Waals surface area contributed by atoms with Gasteiger partial charge in [0, 0.05) is 37.5 Å². The highest BCUT2D eigenvalue weighted by atomic mass is 32.2. The molecule has 1 aromatic carbocycles. The van der Waals surface area contributed by atoms with Gasteiger partial charge >= 0.3 is 0 Å². The highest BCUT2D eigenvalue weighted by molar-refractivity contribution is 7.91. The minimum absolute atomic E-state index is 0.00770. The minimum atomic E-state index is -4.20. The SMILES string of the molecule is CCN(CC)CCCS(=O)(=O)N1CCN(S(=O)(=O)c2ccc(-c3ccc(F)cc3)s2)C(C(=O)NOC2CCCCO2)C1. The number of piperazine rings is 1. The summed E-state index contributed by atoms with van der Waals surface area (Å²) < 4.78 is 75.3. The van der Waals surface area contributed by atoms with Crippen molar-refractivity contribution < 1.29 is 35.6 Å². The molecule has 1 N–H and O–H groups in total. The average molecular weight is 647 g/mol. The van der Waals surface area contributed by atoms with Crippen molar-refractivity contribution in [1.29, 1.82) is 0 Å². The van der Waals surface area contributed by atoms with E-state index in [1.807, 2.05) is 13.8 Å². The van der Waals surface area contributed by atoms with Crippen LogP contribution < -0.4 is 5.48 Å². The molecule has 2 fully saturated rings. The molecule has 3 heterocycles. The topological polar surface area (TPSA) is 126 Å². The molecular formula is C27H39FN4O7S3. The quantitative estimate of drug-likeness (QED) is 0.330. The van der Waals surface area contributed by atoms with E-state index in [9.17, 15) is 26.0 Å². The molecule has 2 unspecified atom stereocenters. The van der Waals surface area contributed by atoms with Crippen LogP contribution in [0.25, 0.3) is 10.4 Å². The van der Waals surface area contributed by atoms with Crippen LogP contribution in [0.15, 0.2) is 40.6 Å². The number of benzene rings is 1. The first-order valence-corrected chi connectivity index (χ1v) is 18.1. The molecule has 1 amide bonds. The number of hydroxylamine groups is 1. The molecule has 0 saturated carbocycles. The first-order valence-electron chi connectivity index (χ1n) is 14.2. The number of amides is 1. The molecule has 2 aliphatic rings. The van der Waals surface area contributed by atoms with Gasteiger partial charge in [-0.2, -0.15) is 8.61 Å². The largest absolute Gasteiger partial charge is 0.350 e. The lowest BCUT2D eigenvalue weighted by Crippen LogP contribution is -2.61. The molecule has 42 heavy (non-hydrogen) atoms. The van der Waals surface area contributed by atoms with E-state index in [0.29, 0.717) is 36.4 Å². The predicted molar refractivity (Wildman–Crippen MR) is 158 cm³/mol. The van der Waals surface area contributed by atoms with E-state index in [0.717, 1.165) is 41.6 Å². The van der Waals surface area contributed by atoms with Gasteiger partial charge < -0.3 is 9.64 Å². The summed E-state index contributed by atoms with van der Waals surface area (Å²) in [5.74, 6) is -1.28. The Hall–Kier alpha value is -1.98. The molecule has 1 aromatic heterocycles. The van der Waals surface area contributed by atoms with Crippen LogP contribution in [0.1, 0.15) is 39.5 Å². The molecule has 15 heteroatoms. The highest BCUT2D eigenvalue weighted by Gasteiger charge is 2.44. The molecule has 11 nitrogen and oxygen atoms in total. The number of rotatable bonds is 13. The summed E-state index contributed by atoms with van der Waals surface area (Å²) in [6.07, 6.45) is 2.07. The van der Waals surface area contributed by atoms with Gasteiger partial charge in [0.1, 0.15) is 16.1 Å². The van der Waals surface area contributed by atoms with Crippen LogP contribution in [-0.4, -0.2) is 100 Å². The number of halogens is 1. The second-order valence-corrected chi connectivity index (χ2v) is 15.5. The van der Waals surface area contributed by atoms with E-state index in [1.54, 1.807) is 18.2 Å². The summed E-state index contributed by atoms with van der Waals surface area (Å²) in [6.45, 7) is 6.11. The molecule has 2 atom stereocenters. The van der Waals surface area contributed by atoms with Gasteiger partial charge in [0.2, 0.25) is 10.0 Å². The van der Waals surface area contributed by atoms with Crippen LogP contribution in [0, 0.1) is 5.82 Å². The van der Waals surface area contributed by atoms with Gasteiger partial charge in [-0.3, -0.25) is 4.79 Å². The van der Waals surface area contributed by atoms with E-state index in [2.05, 4.69) is 10.4 Å². The van der Waals surface area contributed by atoms with Crippen LogP contribution in [0.2, 0.25) is 0 Å². The molecule has 2 saturated heterocycles. The second kappa shape index (κ2) is 14.7. The molecule has 4 rings (SSSR count). The smallest absolute Gasteiger partial charge is 0.263 e. The Morgan fingerprint density at radius 2 is 1.83 bits per heavy atom. The number of hydrogen-bond acceptors (Lipinski definition) is 9. The molecular weight excluding hydrogens is 608 g/mol. The number of carbonyl (C=O) groups excluding carboxylic acids is 1. The van der Waals surface area contributed by atoms with Crippen molar-refractivity contribution in [2.24, 2.45) is 0 Å². The number of nitrogens with zero attached hydrogens (tertiary/aromatic N) is 3. The van der Waals surface area contributed by atoms with Gasteiger partial charge in [0.05, 0.1) is 5.75 Å². The Morgan fingerprint density at radius 1 is 1.10 bits per heavy atom. The Morgan fingerprint density at radius 3 is 2.50 bits per heavy atom. The summed E-state index contributed by atoms with van der Waals surface area (Å²) in [4.78, 5) is 21.6. The fourth-order valence-corrected chi connectivity index (χ4v) is 9.47. The lowest BCUT2D eigenvalue weighted by molar-refractivity contribution is -0.202. The fourth-order valence-electron chi connectivity index (χ4n) is 4.97. The third-order valence-corrected chi connectivity index (χ3v) is 12.9. The van der Waals surface area contributed by atoms with E-state index in [1.165, 1.54) is 22.5 Å². The van der Waals surface area contributed by atoms with Crippen LogP contribution in [0.3, 0.4) is 0 Å². The summed E-state index contributed by atoms with van der Waals surface area (Å²) in [7, 11) is -7.95. The minimum Gasteiger partial charge on any atom is -0.350 e. The van der Waals surface area contributed by atoms with Crippen molar-refractivity contribution in [2.75, 3.05) is 51.6 Å². The molecule has 0 spiro atoms. The molecule has 0 bridgehead atoms. The van der Waals surface area contributed by atoms with Crippen molar-refractivity contribution in [3.8, 4) is 10.4 Å². The number of sulfonamides is 2. The lowest BCUT2D eigenvalue weighted by Gasteiger charge is -2.38. The Balaban J connectivity index is 1.53. The third kappa shape index (κ3) is 8.14. The van der Waals surface area contributed by atoms with Gasteiger partial charge in [-0.1, -0.05) is 26.0 Å². The maximum absolute atomic E-state index is 13.8. The zero-order valence-corrected chi connectivity index (χ0v) is 26.4. The number of ether oxygens (including phenoxy) is 1. The van der Waals surface area contributed by atoms with Crippen molar-refractivity contribution in [1.82, 2.24) is 19.0 Å². The Kier molecular flexibility index (Phi) is 11.5. The van der Waals surface area contributed by atoms with Crippen molar-refractivity contribution in [3.63, 3.8) is 0 Å². The molecule has 2 aromatic rings. The van der Waals surface area contributed by atoms with Gasteiger partial charge in [-0.25, -0.2) is 31.5 Å². The van der Waals surface area contributed by atoms with Crippen molar-refractivity contribution >= 4 is 37.3 Å². The number of nitrogens with one attached hydrogen (secondary N) is 1. The van der Waals surface area contributed by atoms with Crippen molar-refractivity contribution in [3.05, 3.63) is 42.2 Å². The first-order chi connectivity index (χ1) is 20.0.